The van der Waals surface area contributed by atoms with E-state index in [1.807, 2.05) is 27.0 Å². The Hall–Kier alpha value is -2.44. The molecule has 0 atom stereocenters. The van der Waals surface area contributed by atoms with Gasteiger partial charge in [-0.15, -0.1) is 0 Å². The minimum Gasteiger partial charge on any atom is -0.364 e. The van der Waals surface area contributed by atoms with Crippen LogP contribution < -0.4 is 5.32 Å². The summed E-state index contributed by atoms with van der Waals surface area (Å²) in [5.74, 6) is 0.788. The molecule has 3 aromatic rings. The van der Waals surface area contributed by atoms with Gasteiger partial charge in [0.25, 0.3) is 0 Å². The van der Waals surface area contributed by atoms with E-state index in [1.54, 1.807) is 11.0 Å². The van der Waals surface area contributed by atoms with E-state index >= 15 is 0 Å². The lowest BCUT2D eigenvalue weighted by Crippen LogP contribution is -2.03. The maximum atomic E-state index is 4.36. The maximum absolute atomic E-state index is 4.36. The van der Waals surface area contributed by atoms with Gasteiger partial charge in [0.15, 0.2) is 5.65 Å². The molecule has 3 heterocycles. The Labute approximate surface area is 110 Å². The molecule has 0 aromatic carbocycles. The average Bonchev–Trinajstić information content (AvgIpc) is 2.92. The number of nitrogens with zero attached hydrogens (tertiary/aromatic N) is 5. The van der Waals surface area contributed by atoms with Crippen LogP contribution in [0.3, 0.4) is 0 Å². The van der Waals surface area contributed by atoms with Gasteiger partial charge in [-0.1, -0.05) is 0 Å². The van der Waals surface area contributed by atoms with Gasteiger partial charge in [-0.05, 0) is 19.9 Å². The van der Waals surface area contributed by atoms with Crippen molar-refractivity contribution in [2.45, 2.75) is 20.4 Å². The molecule has 3 aromatic heterocycles. The highest BCUT2D eigenvalue weighted by molar-refractivity contribution is 5.88. The first kappa shape index (κ1) is 11.6. The van der Waals surface area contributed by atoms with E-state index in [0.29, 0.717) is 6.54 Å². The number of rotatable bonds is 3. The van der Waals surface area contributed by atoms with Crippen LogP contribution in [-0.2, 0) is 13.6 Å². The zero-order valence-corrected chi connectivity index (χ0v) is 11.1. The van der Waals surface area contributed by atoms with E-state index in [0.717, 1.165) is 33.9 Å². The first-order valence-electron chi connectivity index (χ1n) is 6.04. The van der Waals surface area contributed by atoms with E-state index in [-0.39, 0.29) is 0 Å². The summed E-state index contributed by atoms with van der Waals surface area (Å²) in [7, 11) is 1.88. The monoisotopic (exact) mass is 257 g/mol. The first-order chi connectivity index (χ1) is 9.15. The summed E-state index contributed by atoms with van der Waals surface area (Å²) >= 11 is 0. The van der Waals surface area contributed by atoms with Crippen molar-refractivity contribution in [3.05, 3.63) is 29.5 Å². The molecule has 0 amide bonds. The molecule has 0 spiro atoms. The van der Waals surface area contributed by atoms with Crippen molar-refractivity contribution in [1.29, 1.82) is 0 Å². The molecule has 0 bridgehead atoms. The molecule has 7 nitrogen and oxygen atoms in total. The molecule has 2 N–H and O–H groups in total. The molecule has 0 unspecified atom stereocenters. The number of hydrogen-bond acceptors (Lipinski definition) is 5. The number of hydrogen-bond donors (Lipinski definition) is 2. The number of fused-ring (bicyclic) bond motifs is 1. The summed E-state index contributed by atoms with van der Waals surface area (Å²) in [6.45, 7) is 4.55. The van der Waals surface area contributed by atoms with E-state index in [2.05, 4.69) is 30.6 Å². The van der Waals surface area contributed by atoms with Crippen molar-refractivity contribution in [1.82, 2.24) is 29.9 Å². The van der Waals surface area contributed by atoms with Gasteiger partial charge in [0.1, 0.15) is 12.1 Å². The van der Waals surface area contributed by atoms with E-state index in [9.17, 15) is 0 Å². The highest BCUT2D eigenvalue weighted by Gasteiger charge is 2.12. The number of aryl methyl sites for hydroxylation is 3. The van der Waals surface area contributed by atoms with Gasteiger partial charge in [0.2, 0.25) is 0 Å². The van der Waals surface area contributed by atoms with Crippen molar-refractivity contribution in [3.8, 4) is 0 Å². The van der Waals surface area contributed by atoms with Crippen LogP contribution >= 0.6 is 0 Å². The quantitative estimate of drug-likeness (QED) is 0.739. The van der Waals surface area contributed by atoms with Gasteiger partial charge in [0, 0.05) is 12.7 Å². The van der Waals surface area contributed by atoms with E-state index in [1.165, 1.54) is 0 Å². The Kier molecular flexibility index (Phi) is 2.66. The van der Waals surface area contributed by atoms with Gasteiger partial charge < -0.3 is 5.32 Å². The largest absolute Gasteiger partial charge is 0.364 e. The molecule has 7 heteroatoms. The Balaban J connectivity index is 1.92. The average molecular weight is 257 g/mol. The zero-order chi connectivity index (χ0) is 13.4. The fraction of sp³-hybridized carbons (Fsp3) is 0.333. The summed E-state index contributed by atoms with van der Waals surface area (Å²) in [5.41, 5.74) is 3.74. The lowest BCUT2D eigenvalue weighted by molar-refractivity contribution is 0.773. The molecule has 0 aliphatic rings. The smallest absolute Gasteiger partial charge is 0.163 e. The number of aromatic nitrogens is 6. The minimum atomic E-state index is 0.616. The van der Waals surface area contributed by atoms with Crippen molar-refractivity contribution in [2.75, 3.05) is 5.32 Å². The summed E-state index contributed by atoms with van der Waals surface area (Å²) < 4.78 is 1.76. The second-order valence-electron chi connectivity index (χ2n) is 4.53. The highest BCUT2D eigenvalue weighted by Crippen LogP contribution is 2.22. The van der Waals surface area contributed by atoms with Crippen molar-refractivity contribution in [3.63, 3.8) is 0 Å². The van der Waals surface area contributed by atoms with E-state index < -0.39 is 0 Å². The summed E-state index contributed by atoms with van der Waals surface area (Å²) in [6.07, 6.45) is 1.54. The van der Waals surface area contributed by atoms with Crippen LogP contribution in [0, 0.1) is 13.8 Å². The van der Waals surface area contributed by atoms with Gasteiger partial charge in [-0.3, -0.25) is 9.78 Å². The normalized spacial score (nSPS) is 11.1. The van der Waals surface area contributed by atoms with Gasteiger partial charge in [0.05, 0.1) is 23.3 Å². The fourth-order valence-electron chi connectivity index (χ4n) is 2.15. The van der Waals surface area contributed by atoms with E-state index in [4.69, 9.17) is 0 Å². The Morgan fingerprint density at radius 3 is 2.89 bits per heavy atom. The molecule has 0 fully saturated rings. The SMILES string of the molecule is Cc1cc(CNc2ncnc3c2c(C)nn3C)n[nH]1. The van der Waals surface area contributed by atoms with Crippen LogP contribution in [0.25, 0.3) is 11.0 Å². The van der Waals surface area contributed by atoms with Crippen LogP contribution in [0.5, 0.6) is 0 Å². The zero-order valence-electron chi connectivity index (χ0n) is 11.1. The lowest BCUT2D eigenvalue weighted by Gasteiger charge is -2.04. The first-order valence-corrected chi connectivity index (χ1v) is 6.04. The molecule has 0 aliphatic heterocycles. The molecule has 0 saturated heterocycles. The predicted molar refractivity (Wildman–Crippen MR) is 71.7 cm³/mol. The molecular weight excluding hydrogens is 242 g/mol. The van der Waals surface area contributed by atoms with Crippen molar-refractivity contribution in [2.24, 2.45) is 7.05 Å². The van der Waals surface area contributed by atoms with Crippen LogP contribution in [-0.4, -0.2) is 29.9 Å². The Morgan fingerprint density at radius 2 is 2.16 bits per heavy atom. The van der Waals surface area contributed by atoms with Gasteiger partial charge >= 0.3 is 0 Å². The molecule has 3 rings (SSSR count). The van der Waals surface area contributed by atoms with Gasteiger partial charge in [-0.25, -0.2) is 9.97 Å². The molecule has 0 radical (unpaired) electrons. The number of anilines is 1. The van der Waals surface area contributed by atoms with Crippen LogP contribution in [0.1, 0.15) is 17.1 Å². The Bertz CT molecular complexity index is 725. The number of H-pyrrole nitrogens is 1. The third-order valence-electron chi connectivity index (χ3n) is 2.99. The second kappa shape index (κ2) is 4.34. The molecule has 0 aliphatic carbocycles. The Morgan fingerprint density at radius 1 is 1.32 bits per heavy atom. The lowest BCUT2D eigenvalue weighted by atomic mass is 10.3. The van der Waals surface area contributed by atoms with Crippen LogP contribution in [0.4, 0.5) is 5.82 Å². The fourth-order valence-corrected chi connectivity index (χ4v) is 2.15. The maximum Gasteiger partial charge on any atom is 0.163 e. The molecule has 19 heavy (non-hydrogen) atoms. The van der Waals surface area contributed by atoms with Crippen molar-refractivity contribution < 1.29 is 0 Å². The van der Waals surface area contributed by atoms with Crippen LogP contribution in [0.2, 0.25) is 0 Å². The number of aromatic amines is 1. The summed E-state index contributed by atoms with van der Waals surface area (Å²) in [5, 5.41) is 15.7. The summed E-state index contributed by atoms with van der Waals surface area (Å²) in [4.78, 5) is 8.54. The standard InChI is InChI=1S/C12H15N7/c1-7-4-9(17-16-7)5-13-11-10-8(2)18-19(3)12(10)15-6-14-11/h4,6H,5H2,1-3H3,(H,16,17)(H,13,14,15). The van der Waals surface area contributed by atoms with Crippen LogP contribution in [0.15, 0.2) is 12.4 Å². The highest BCUT2D eigenvalue weighted by atomic mass is 15.3. The predicted octanol–water partition coefficient (Wildman–Crippen LogP) is 1.32. The summed E-state index contributed by atoms with van der Waals surface area (Å²) in [6, 6.07) is 2.00. The third kappa shape index (κ3) is 2.03. The molecule has 98 valence electrons. The molecule has 0 saturated carbocycles. The third-order valence-corrected chi connectivity index (χ3v) is 2.99. The second-order valence-corrected chi connectivity index (χ2v) is 4.53. The topological polar surface area (TPSA) is 84.3 Å². The minimum absolute atomic E-state index is 0.616. The van der Waals surface area contributed by atoms with Crippen molar-refractivity contribution >= 4 is 16.9 Å². The van der Waals surface area contributed by atoms with Gasteiger partial charge in [-0.2, -0.15) is 10.2 Å². The molecular formula is C12H15N7. The number of nitrogens with one attached hydrogen (secondary N) is 2.